The van der Waals surface area contributed by atoms with E-state index in [-0.39, 0.29) is 0 Å². The second-order valence-corrected chi connectivity index (χ2v) is 17.7. The highest BCUT2D eigenvalue weighted by Gasteiger charge is 2.47. The quantitative estimate of drug-likeness (QED) is 0.0888. The molecule has 0 saturated carbocycles. The van der Waals surface area contributed by atoms with Crippen LogP contribution in [-0.2, 0) is 56.0 Å². The second kappa shape index (κ2) is 19.5. The minimum Gasteiger partial charge on any atom is -0.194 e. The van der Waals surface area contributed by atoms with Crippen LogP contribution in [0.5, 0.6) is 0 Å². The first kappa shape index (κ1) is 57.2. The lowest BCUT2D eigenvalue weighted by Gasteiger charge is -2.46. The Morgan fingerprint density at radius 2 is 0.581 bits per heavy atom. The van der Waals surface area contributed by atoms with Gasteiger partial charge in [0.1, 0.15) is 10.8 Å². The molecular formula is C46H23BClF24NS. The number of alkyl halides is 24. The van der Waals surface area contributed by atoms with E-state index in [4.69, 9.17) is 11.6 Å². The number of hydrogen-bond donors (Lipinski definition) is 0. The van der Waals surface area contributed by atoms with Gasteiger partial charge < -0.3 is 0 Å². The van der Waals surface area contributed by atoms with E-state index in [1.54, 1.807) is 11.3 Å². The van der Waals surface area contributed by atoms with Crippen molar-refractivity contribution in [3.05, 3.63) is 182 Å². The summed E-state index contributed by atoms with van der Waals surface area (Å²) in [5, 5.41) is 0. The van der Waals surface area contributed by atoms with Crippen LogP contribution < -0.4 is 26.4 Å². The Hall–Kier alpha value is -6.12. The number of fused-ring (bicyclic) bond motifs is 1. The molecule has 0 unspecified atom stereocenters. The van der Waals surface area contributed by atoms with Crippen molar-refractivity contribution in [3.8, 4) is 0 Å². The zero-order chi connectivity index (χ0) is 55.6. The average molecular weight is 1120 g/mol. The predicted molar refractivity (Wildman–Crippen MR) is 223 cm³/mol. The van der Waals surface area contributed by atoms with Crippen molar-refractivity contribution in [3.63, 3.8) is 0 Å². The van der Waals surface area contributed by atoms with Crippen LogP contribution in [0.2, 0.25) is 4.47 Å². The minimum absolute atomic E-state index is 0.691. The van der Waals surface area contributed by atoms with E-state index in [0.29, 0.717) is 0 Å². The molecule has 7 aromatic rings. The smallest absolute Gasteiger partial charge is 0.194 e. The van der Waals surface area contributed by atoms with Crippen molar-refractivity contribution in [1.82, 2.24) is 0 Å². The molecule has 1 heterocycles. The van der Waals surface area contributed by atoms with E-state index in [2.05, 4.69) is 41.0 Å². The summed E-state index contributed by atoms with van der Waals surface area (Å²) in [4.78, 5) is 0. The van der Waals surface area contributed by atoms with Crippen LogP contribution in [0.15, 0.2) is 127 Å². The van der Waals surface area contributed by atoms with E-state index in [0.717, 1.165) is 11.0 Å². The Bertz CT molecular complexity index is 2720. The van der Waals surface area contributed by atoms with E-state index in [1.807, 2.05) is 18.2 Å². The van der Waals surface area contributed by atoms with Crippen molar-refractivity contribution in [2.24, 2.45) is 0 Å². The summed E-state index contributed by atoms with van der Waals surface area (Å²) in [6.45, 7) is 0.823. The Kier molecular flexibility index (Phi) is 15.1. The van der Waals surface area contributed by atoms with Gasteiger partial charge in [0.2, 0.25) is 5.52 Å². The topological polar surface area (TPSA) is 3.88 Å². The molecule has 0 aliphatic heterocycles. The number of rotatable bonds is 6. The van der Waals surface area contributed by atoms with Crippen molar-refractivity contribution in [2.45, 2.75) is 56.0 Å². The molecule has 0 amide bonds. The zero-order valence-electron chi connectivity index (χ0n) is 35.7. The molecule has 0 saturated heterocycles. The van der Waals surface area contributed by atoms with Crippen LogP contribution in [0, 0.1) is 0 Å². The lowest BCUT2D eigenvalue weighted by Crippen LogP contribution is -2.75. The number of para-hydroxylation sites is 1. The van der Waals surface area contributed by atoms with Crippen molar-refractivity contribution < 1.29 is 110 Å². The number of thiazole rings is 1. The van der Waals surface area contributed by atoms with Gasteiger partial charge in [0.05, 0.1) is 44.5 Å². The number of nitrogens with zero attached hydrogens (tertiary/aromatic N) is 1. The van der Waals surface area contributed by atoms with E-state index in [9.17, 15) is 105 Å². The van der Waals surface area contributed by atoms with Gasteiger partial charge in [-0.1, -0.05) is 91.0 Å². The maximum absolute atomic E-state index is 14.2. The summed E-state index contributed by atoms with van der Waals surface area (Å²) in [7, 11) is 0. The number of aromatic nitrogens is 1. The van der Waals surface area contributed by atoms with Gasteiger partial charge in [-0.15, -0.1) is 0 Å². The minimum atomic E-state index is -6.13. The normalized spacial score (nSPS) is 13.5. The summed E-state index contributed by atoms with van der Waals surface area (Å²) in [5.74, 6) is 0. The number of halogens is 25. The first-order valence-corrected chi connectivity index (χ1v) is 21.3. The zero-order valence-corrected chi connectivity index (χ0v) is 37.3. The van der Waals surface area contributed by atoms with Gasteiger partial charge in [0.25, 0.3) is 0 Å². The van der Waals surface area contributed by atoms with Gasteiger partial charge >= 0.3 is 53.9 Å². The molecule has 0 fully saturated rings. The molecule has 0 aliphatic carbocycles. The number of benzene rings is 6. The molecule has 396 valence electrons. The van der Waals surface area contributed by atoms with Gasteiger partial charge in [0.15, 0.2) is 6.54 Å². The molecule has 0 atom stereocenters. The first-order chi connectivity index (χ1) is 33.6. The Labute approximate surface area is 408 Å². The highest BCUT2D eigenvalue weighted by atomic mass is 35.5. The first-order valence-electron chi connectivity index (χ1n) is 20.1. The molecule has 0 spiro atoms. The number of hydrogen-bond acceptors (Lipinski definition) is 1. The van der Waals surface area contributed by atoms with Crippen LogP contribution in [0.1, 0.15) is 50.1 Å². The SMILES string of the molecule is Clc1sc2ccccc2[n+]1Cc1ccccc1.FC(F)(F)c1cc([B-](c2cc(C(F)(F)F)cc(C(F)(F)F)c2)(c2cc(C(F)(F)F)cc(C(F)(F)F)c2)c2cc(C(F)(F)F)cc(C(F)(F)F)c2)cc(C(F)(F)F)c1. The highest BCUT2D eigenvalue weighted by Crippen LogP contribution is 2.41. The van der Waals surface area contributed by atoms with Gasteiger partial charge in [-0.2, -0.15) is 132 Å². The van der Waals surface area contributed by atoms with Crippen molar-refractivity contribution in [2.75, 3.05) is 0 Å². The van der Waals surface area contributed by atoms with Gasteiger partial charge in [-0.3, -0.25) is 0 Å². The molecule has 7 rings (SSSR count). The van der Waals surface area contributed by atoms with Gasteiger partial charge in [0, 0.05) is 23.2 Å². The molecule has 1 nitrogen and oxygen atoms in total. The summed E-state index contributed by atoms with van der Waals surface area (Å²) in [6, 6.07) is 9.88. The van der Waals surface area contributed by atoms with Crippen LogP contribution in [-0.4, -0.2) is 6.15 Å². The third-order valence-corrected chi connectivity index (χ3v) is 12.6. The molecule has 0 aliphatic rings. The molecule has 1 aromatic heterocycles. The third kappa shape index (κ3) is 12.5. The fourth-order valence-corrected chi connectivity index (χ4v) is 9.28. The molecular weight excluding hydrogens is 1100 g/mol. The molecule has 6 aromatic carbocycles. The standard InChI is InChI=1S/C32H12BF24.C14H11ClNS/c34-25(35,36)13-1-14(26(37,38)39)6-21(5-13)33(22-7-15(27(40,41)42)2-16(8-22)28(43,44)45,23-9-17(29(46,47)48)3-18(10-23)30(49,50)51)24-11-19(31(52,53)54)4-20(12-24)32(55,56)57;15-14-16(10-11-6-2-1-3-7-11)12-8-4-5-9-13(12)17-14/h1-12H;1-9H,10H2/q-1;+1. The summed E-state index contributed by atoms with van der Waals surface area (Å²) >= 11 is 7.93. The van der Waals surface area contributed by atoms with Crippen LogP contribution >= 0.6 is 22.9 Å². The van der Waals surface area contributed by atoms with Crippen LogP contribution in [0.4, 0.5) is 105 Å². The fourth-order valence-electron chi connectivity index (χ4n) is 7.99. The monoisotopic (exact) mass is 1120 g/mol. The molecule has 28 heteroatoms. The van der Waals surface area contributed by atoms with Crippen molar-refractivity contribution in [1.29, 1.82) is 0 Å². The lowest BCUT2D eigenvalue weighted by molar-refractivity contribution is -0.655. The maximum Gasteiger partial charge on any atom is 0.416 e. The summed E-state index contributed by atoms with van der Waals surface area (Å²) in [5.41, 5.74) is -27.7. The molecule has 0 N–H and O–H groups in total. The Balaban J connectivity index is 0.000000436. The predicted octanol–water partition coefficient (Wildman–Crippen LogP) is 15.1. The fraction of sp³-hybridized carbons (Fsp3) is 0.196. The van der Waals surface area contributed by atoms with Gasteiger partial charge in [-0.25, -0.2) is 0 Å². The van der Waals surface area contributed by atoms with E-state index in [1.165, 1.54) is 15.8 Å². The third-order valence-electron chi connectivity index (χ3n) is 11.2. The second-order valence-electron chi connectivity index (χ2n) is 16.1. The Morgan fingerprint density at radius 3 is 0.838 bits per heavy atom. The highest BCUT2D eigenvalue weighted by molar-refractivity contribution is 7.21. The lowest BCUT2D eigenvalue weighted by atomic mass is 9.12. The van der Waals surface area contributed by atoms with E-state index >= 15 is 0 Å². The van der Waals surface area contributed by atoms with Crippen LogP contribution in [0.25, 0.3) is 10.2 Å². The maximum atomic E-state index is 14.2. The Morgan fingerprint density at radius 1 is 0.338 bits per heavy atom. The van der Waals surface area contributed by atoms with Gasteiger partial charge in [-0.05, 0) is 41.7 Å². The van der Waals surface area contributed by atoms with Crippen LogP contribution in [0.3, 0.4) is 0 Å². The molecule has 74 heavy (non-hydrogen) atoms. The molecule has 0 bridgehead atoms. The van der Waals surface area contributed by atoms with Crippen molar-refractivity contribution >= 4 is 61.2 Å². The molecule has 0 radical (unpaired) electrons. The average Bonchev–Trinajstić information content (AvgIpc) is 3.58. The summed E-state index contributed by atoms with van der Waals surface area (Å²) in [6.07, 6.45) is -54.8. The van der Waals surface area contributed by atoms with E-state index < -0.39 is 195 Å². The summed E-state index contributed by atoms with van der Waals surface area (Å²) < 4.78 is 345. The largest absolute Gasteiger partial charge is 0.416 e.